The number of para-hydroxylation sites is 3. The molecular formula is C61H44N4OSi2. The number of ether oxygens (including phenoxy) is 1. The average molecular weight is 905 g/mol. The van der Waals surface area contributed by atoms with Gasteiger partial charge in [-0.3, -0.25) is 4.57 Å². The van der Waals surface area contributed by atoms with E-state index < -0.39 is 16.1 Å². The number of aromatic nitrogens is 4. The van der Waals surface area contributed by atoms with E-state index in [9.17, 15) is 0 Å². The van der Waals surface area contributed by atoms with Crippen molar-refractivity contribution in [1.82, 2.24) is 19.1 Å². The topological polar surface area (TPSA) is 44.9 Å². The number of pyridine rings is 1. The van der Waals surface area contributed by atoms with E-state index in [1.165, 1.54) is 41.5 Å². The molecule has 0 saturated carbocycles. The molecule has 0 bridgehead atoms. The fourth-order valence-electron chi connectivity index (χ4n) is 11.4. The number of hydrogen-bond donors (Lipinski definition) is 0. The molecule has 0 aliphatic carbocycles. The number of benzene rings is 9. The summed E-state index contributed by atoms with van der Waals surface area (Å²) >= 11 is 0. The third-order valence-corrected chi connectivity index (χ3v) is 23.8. The van der Waals surface area contributed by atoms with E-state index in [0.717, 1.165) is 61.5 Å². The van der Waals surface area contributed by atoms with Crippen LogP contribution in [0.25, 0.3) is 50.0 Å². The molecule has 0 radical (unpaired) electrons. The van der Waals surface area contributed by atoms with Gasteiger partial charge < -0.3 is 9.30 Å². The molecule has 13 rings (SSSR count). The van der Waals surface area contributed by atoms with Gasteiger partial charge in [0.25, 0.3) is 0 Å². The van der Waals surface area contributed by atoms with Crippen molar-refractivity contribution in [2.75, 3.05) is 0 Å². The molecule has 0 amide bonds. The van der Waals surface area contributed by atoms with Crippen LogP contribution in [-0.4, -0.2) is 35.2 Å². The van der Waals surface area contributed by atoms with Crippen LogP contribution in [0.4, 0.5) is 0 Å². The molecule has 0 unspecified atom stereocenters. The minimum Gasteiger partial charge on any atom is -0.455 e. The summed E-state index contributed by atoms with van der Waals surface area (Å²) in [4.78, 5) is 10.3. The minimum atomic E-state index is -3.09. The average Bonchev–Trinajstić information content (AvgIpc) is 3.94. The standard InChI is InChI=1S/C61H44N4OSi2/c1-64-53-32-15-14-31-52(53)63-61(64)43-21-20-30-48(41-43)67(44-22-6-2-7-23-44,45-24-8-3-9-25-45)49-36-37-50-51-38-39-57-60(59(51)65(54(50)42-49)58-35-18-19-40-62-58)66-55-33-16-17-34-56(55)68(57,46-26-10-4-11-27-46)47-28-12-5-13-29-47/h2-42H,1H3. The van der Waals surface area contributed by atoms with Gasteiger partial charge in [-0.1, -0.05) is 206 Å². The highest BCUT2D eigenvalue weighted by atomic mass is 28.3. The molecule has 68 heavy (non-hydrogen) atoms. The van der Waals surface area contributed by atoms with Crippen LogP contribution in [0.15, 0.2) is 249 Å². The van der Waals surface area contributed by atoms with Gasteiger partial charge in [0.2, 0.25) is 0 Å². The summed E-state index contributed by atoms with van der Waals surface area (Å²) < 4.78 is 12.0. The van der Waals surface area contributed by atoms with Gasteiger partial charge >= 0.3 is 0 Å². The number of imidazole rings is 1. The van der Waals surface area contributed by atoms with Crippen LogP contribution in [0, 0.1) is 0 Å². The van der Waals surface area contributed by atoms with Gasteiger partial charge in [0.15, 0.2) is 21.9 Å². The maximum Gasteiger partial charge on any atom is 0.188 e. The first-order valence-corrected chi connectivity index (χ1v) is 27.2. The number of fused-ring (bicyclic) bond motifs is 7. The Morgan fingerprint density at radius 1 is 0.471 bits per heavy atom. The molecule has 1 aliphatic heterocycles. The molecule has 0 spiro atoms. The smallest absolute Gasteiger partial charge is 0.188 e. The first-order valence-electron chi connectivity index (χ1n) is 23.2. The Morgan fingerprint density at radius 3 is 1.76 bits per heavy atom. The summed E-state index contributed by atoms with van der Waals surface area (Å²) in [5.74, 6) is 3.56. The van der Waals surface area contributed by atoms with E-state index in [4.69, 9.17) is 14.7 Å². The lowest BCUT2D eigenvalue weighted by Gasteiger charge is -2.39. The van der Waals surface area contributed by atoms with Crippen molar-refractivity contribution in [3.8, 4) is 28.7 Å². The second-order valence-corrected chi connectivity index (χ2v) is 25.3. The molecule has 0 atom stereocenters. The summed E-state index contributed by atoms with van der Waals surface area (Å²) in [6.45, 7) is 0. The van der Waals surface area contributed by atoms with Crippen LogP contribution in [-0.2, 0) is 7.05 Å². The minimum absolute atomic E-state index is 0.836. The van der Waals surface area contributed by atoms with Crippen molar-refractivity contribution in [3.05, 3.63) is 249 Å². The van der Waals surface area contributed by atoms with Gasteiger partial charge in [-0.15, -0.1) is 0 Å². The molecule has 3 aromatic heterocycles. The molecule has 322 valence electrons. The third kappa shape index (κ3) is 5.86. The van der Waals surface area contributed by atoms with Crippen molar-refractivity contribution in [2.24, 2.45) is 7.05 Å². The van der Waals surface area contributed by atoms with Gasteiger partial charge in [0, 0.05) is 29.6 Å². The van der Waals surface area contributed by atoms with Crippen LogP contribution >= 0.6 is 0 Å². The van der Waals surface area contributed by atoms with E-state index in [2.05, 4.69) is 253 Å². The summed E-state index contributed by atoms with van der Waals surface area (Å²) in [7, 11) is -3.92. The van der Waals surface area contributed by atoms with Crippen LogP contribution in [0.1, 0.15) is 0 Å². The van der Waals surface area contributed by atoms with Crippen molar-refractivity contribution in [3.63, 3.8) is 0 Å². The molecule has 0 fully saturated rings. The molecule has 0 saturated heterocycles. The summed E-state index contributed by atoms with van der Waals surface area (Å²) in [6.07, 6.45) is 1.90. The van der Waals surface area contributed by atoms with E-state index in [-0.39, 0.29) is 0 Å². The maximum absolute atomic E-state index is 7.36. The first-order chi connectivity index (χ1) is 33.7. The Kier molecular flexibility index (Phi) is 9.35. The Morgan fingerprint density at radius 2 is 1.07 bits per heavy atom. The van der Waals surface area contributed by atoms with Crippen molar-refractivity contribution in [1.29, 1.82) is 0 Å². The number of aryl methyl sites for hydroxylation is 1. The molecule has 5 nitrogen and oxygen atoms in total. The molecule has 9 aromatic carbocycles. The highest BCUT2D eigenvalue weighted by Gasteiger charge is 2.49. The first kappa shape index (κ1) is 40.0. The lowest BCUT2D eigenvalue weighted by atomic mass is 10.1. The molecule has 0 N–H and O–H groups in total. The Hall–Kier alpha value is -8.37. The van der Waals surface area contributed by atoms with Gasteiger partial charge in [0.05, 0.1) is 22.1 Å². The van der Waals surface area contributed by atoms with Crippen molar-refractivity contribution in [2.45, 2.75) is 0 Å². The molecule has 12 aromatic rings. The zero-order valence-electron chi connectivity index (χ0n) is 37.4. The SMILES string of the molecule is Cn1c(-c2cccc([Si](c3ccccc3)(c3ccccc3)c3ccc4c5ccc6c(c5n(-c5ccccn5)c4c3)Oc3ccccc3[Si]6(c3ccccc3)c3ccccc3)c2)nc2ccccc21. The van der Waals surface area contributed by atoms with E-state index in [1.54, 1.807) is 0 Å². The number of hydrogen-bond acceptors (Lipinski definition) is 3. The highest BCUT2D eigenvalue weighted by Crippen LogP contribution is 2.41. The van der Waals surface area contributed by atoms with Crippen LogP contribution in [0.5, 0.6) is 11.5 Å². The molecular weight excluding hydrogens is 861 g/mol. The number of nitrogens with zero attached hydrogens (tertiary/aromatic N) is 4. The maximum atomic E-state index is 7.36. The van der Waals surface area contributed by atoms with Crippen molar-refractivity contribution >= 4 is 90.5 Å². The monoisotopic (exact) mass is 904 g/mol. The lowest BCUT2D eigenvalue weighted by molar-refractivity contribution is 0.491. The van der Waals surface area contributed by atoms with Crippen LogP contribution < -0.4 is 46.2 Å². The third-order valence-electron chi connectivity index (χ3n) is 14.3. The summed E-state index contributed by atoms with van der Waals surface area (Å²) in [5.41, 5.74) is 5.27. The quantitative estimate of drug-likeness (QED) is 0.114. The second-order valence-electron chi connectivity index (χ2n) is 17.7. The molecule has 1 aliphatic rings. The largest absolute Gasteiger partial charge is 0.455 e. The predicted molar refractivity (Wildman–Crippen MR) is 286 cm³/mol. The van der Waals surface area contributed by atoms with Crippen LogP contribution in [0.2, 0.25) is 0 Å². The van der Waals surface area contributed by atoms with Gasteiger partial charge in [-0.05, 0) is 77.9 Å². The Bertz CT molecular complexity index is 3760. The lowest BCUT2D eigenvalue weighted by Crippen LogP contribution is -2.76. The Balaban J connectivity index is 1.14. The van der Waals surface area contributed by atoms with Gasteiger partial charge in [-0.25, -0.2) is 9.97 Å². The Labute approximate surface area is 396 Å². The van der Waals surface area contributed by atoms with E-state index >= 15 is 0 Å². The van der Waals surface area contributed by atoms with Crippen LogP contribution in [0.3, 0.4) is 0 Å². The second kappa shape index (κ2) is 15.9. The number of rotatable bonds is 8. The summed E-state index contributed by atoms with van der Waals surface area (Å²) in [6, 6.07) is 89.0. The molecule has 4 heterocycles. The fraction of sp³-hybridized carbons (Fsp3) is 0.0164. The van der Waals surface area contributed by atoms with Gasteiger partial charge in [-0.2, -0.15) is 0 Å². The summed E-state index contributed by atoms with van der Waals surface area (Å²) in [5, 5.41) is 12.5. The van der Waals surface area contributed by atoms with E-state index in [0.29, 0.717) is 0 Å². The predicted octanol–water partition coefficient (Wildman–Crippen LogP) is 8.59. The zero-order chi connectivity index (χ0) is 45.2. The van der Waals surface area contributed by atoms with Gasteiger partial charge in [0.1, 0.15) is 17.4 Å². The highest BCUT2D eigenvalue weighted by molar-refractivity contribution is 7.21. The van der Waals surface area contributed by atoms with E-state index in [1.807, 2.05) is 12.3 Å². The van der Waals surface area contributed by atoms with Crippen molar-refractivity contribution < 1.29 is 4.74 Å². The zero-order valence-corrected chi connectivity index (χ0v) is 39.4. The fourth-order valence-corrected chi connectivity index (χ4v) is 21.1. The normalized spacial score (nSPS) is 13.0. The molecule has 7 heteroatoms.